The van der Waals surface area contributed by atoms with E-state index in [9.17, 15) is 8.42 Å². The number of primary sulfonamides is 1. The van der Waals surface area contributed by atoms with Crippen molar-refractivity contribution in [2.75, 3.05) is 14.2 Å². The summed E-state index contributed by atoms with van der Waals surface area (Å²) in [5.74, 6) is 2.13. The predicted molar refractivity (Wildman–Crippen MR) is 121 cm³/mol. The van der Waals surface area contributed by atoms with Gasteiger partial charge in [-0.2, -0.15) is 0 Å². The lowest BCUT2D eigenvalue weighted by Crippen LogP contribution is -2.11. The van der Waals surface area contributed by atoms with E-state index < -0.39 is 10.0 Å². The summed E-state index contributed by atoms with van der Waals surface area (Å²) >= 11 is 0. The average molecular weight is 451 g/mol. The van der Waals surface area contributed by atoms with Crippen molar-refractivity contribution in [3.8, 4) is 34.1 Å². The average Bonchev–Trinajstić information content (AvgIpc) is 3.21. The van der Waals surface area contributed by atoms with E-state index in [4.69, 9.17) is 24.0 Å². The Hall–Kier alpha value is -3.62. The minimum absolute atomic E-state index is 0.0155. The number of nitrogens with zero attached hydrogens (tertiary/aromatic N) is 1. The fourth-order valence-electron chi connectivity index (χ4n) is 3.46. The summed E-state index contributed by atoms with van der Waals surface area (Å²) in [6, 6.07) is 21.5. The topological polar surface area (TPSA) is 105 Å². The van der Waals surface area contributed by atoms with Crippen molar-refractivity contribution < 1.29 is 22.3 Å². The second-order valence-electron chi connectivity index (χ2n) is 7.05. The van der Waals surface area contributed by atoms with E-state index in [2.05, 4.69) is 0 Å². The third-order valence-electron chi connectivity index (χ3n) is 4.98. The third kappa shape index (κ3) is 4.37. The Labute approximate surface area is 186 Å². The van der Waals surface area contributed by atoms with Crippen LogP contribution < -0.4 is 14.6 Å². The van der Waals surface area contributed by atoms with Gasteiger partial charge in [-0.15, -0.1) is 0 Å². The van der Waals surface area contributed by atoms with Crippen molar-refractivity contribution in [2.24, 2.45) is 5.14 Å². The van der Waals surface area contributed by atoms with Gasteiger partial charge in [0.15, 0.2) is 11.7 Å². The highest BCUT2D eigenvalue weighted by Gasteiger charge is 2.24. The molecule has 0 amide bonds. The lowest BCUT2D eigenvalue weighted by molar-refractivity contribution is 0.397. The Morgan fingerprint density at radius 2 is 1.50 bits per heavy atom. The van der Waals surface area contributed by atoms with Crippen LogP contribution in [0.4, 0.5) is 0 Å². The fraction of sp³-hybridized carbons (Fsp3) is 0.125. The van der Waals surface area contributed by atoms with Crippen LogP contribution in [0.1, 0.15) is 11.5 Å². The molecule has 7 nitrogen and oxygen atoms in total. The zero-order valence-corrected chi connectivity index (χ0v) is 18.4. The first-order chi connectivity index (χ1) is 15.4. The van der Waals surface area contributed by atoms with Crippen molar-refractivity contribution >= 4 is 10.0 Å². The van der Waals surface area contributed by atoms with Crippen molar-refractivity contribution in [2.45, 2.75) is 11.3 Å². The highest BCUT2D eigenvalue weighted by molar-refractivity contribution is 7.89. The van der Waals surface area contributed by atoms with E-state index in [-0.39, 0.29) is 4.90 Å². The summed E-state index contributed by atoms with van der Waals surface area (Å²) in [4.78, 5) is 4.79. The number of sulfonamides is 1. The maximum atomic E-state index is 11.7. The zero-order valence-electron chi connectivity index (χ0n) is 17.6. The number of benzene rings is 3. The molecule has 0 spiro atoms. The molecular formula is C24H22N2O5S. The fourth-order valence-corrected chi connectivity index (χ4v) is 3.97. The maximum absolute atomic E-state index is 11.7. The summed E-state index contributed by atoms with van der Waals surface area (Å²) in [6.45, 7) is 0. The molecule has 0 fully saturated rings. The third-order valence-corrected chi connectivity index (χ3v) is 5.91. The summed E-state index contributed by atoms with van der Waals surface area (Å²) in [7, 11) is -0.661. The van der Waals surface area contributed by atoms with Gasteiger partial charge in [0.25, 0.3) is 0 Å². The molecule has 0 unspecified atom stereocenters. The van der Waals surface area contributed by atoms with Gasteiger partial charge in [-0.25, -0.2) is 18.5 Å². The summed E-state index contributed by atoms with van der Waals surface area (Å²) < 4.78 is 40.6. The van der Waals surface area contributed by atoms with Gasteiger partial charge in [-0.05, 0) is 42.0 Å². The molecule has 3 aromatic carbocycles. The van der Waals surface area contributed by atoms with Crippen LogP contribution in [0.3, 0.4) is 0 Å². The molecule has 1 heterocycles. The van der Waals surface area contributed by atoms with Crippen LogP contribution in [-0.4, -0.2) is 27.6 Å². The molecule has 164 valence electrons. The standard InChI is InChI=1S/C24H22N2O5S/c1-29-19-9-6-10-20(30-2)22(19)23-24(17-11-13-18(14-12-17)32(25,27)28)31-21(26-23)15-16-7-4-3-5-8-16/h3-14H,15H2,1-2H3,(H2,25,27,28). The molecule has 4 aromatic rings. The van der Waals surface area contributed by atoms with Crippen LogP contribution in [0, 0.1) is 0 Å². The van der Waals surface area contributed by atoms with Crippen LogP contribution in [0.25, 0.3) is 22.6 Å². The molecular weight excluding hydrogens is 428 g/mol. The number of ether oxygens (including phenoxy) is 2. The number of oxazole rings is 1. The molecule has 0 aliphatic heterocycles. The van der Waals surface area contributed by atoms with E-state index in [0.717, 1.165) is 5.56 Å². The molecule has 0 aliphatic rings. The smallest absolute Gasteiger partial charge is 0.238 e. The first-order valence-electron chi connectivity index (χ1n) is 9.79. The molecule has 0 saturated carbocycles. The number of aromatic nitrogens is 1. The van der Waals surface area contributed by atoms with Gasteiger partial charge < -0.3 is 13.9 Å². The molecule has 8 heteroatoms. The van der Waals surface area contributed by atoms with E-state index in [0.29, 0.717) is 46.4 Å². The van der Waals surface area contributed by atoms with Gasteiger partial charge in [0.05, 0.1) is 24.7 Å². The minimum atomic E-state index is -3.81. The maximum Gasteiger partial charge on any atom is 0.238 e. The number of rotatable bonds is 7. The molecule has 0 saturated heterocycles. The molecule has 2 N–H and O–H groups in total. The summed E-state index contributed by atoms with van der Waals surface area (Å²) in [5.41, 5.74) is 2.87. The number of methoxy groups -OCH3 is 2. The van der Waals surface area contributed by atoms with Crippen molar-refractivity contribution in [3.63, 3.8) is 0 Å². The molecule has 0 radical (unpaired) electrons. The molecule has 0 bridgehead atoms. The summed E-state index contributed by atoms with van der Waals surface area (Å²) in [5, 5.41) is 5.24. The molecule has 4 rings (SSSR count). The van der Waals surface area contributed by atoms with Gasteiger partial charge in [-0.1, -0.05) is 36.4 Å². The van der Waals surface area contributed by atoms with Crippen LogP contribution in [0.2, 0.25) is 0 Å². The Kier molecular flexibility index (Phi) is 5.98. The minimum Gasteiger partial charge on any atom is -0.496 e. The highest BCUT2D eigenvalue weighted by atomic mass is 32.2. The highest BCUT2D eigenvalue weighted by Crippen LogP contribution is 2.43. The van der Waals surface area contributed by atoms with Gasteiger partial charge in [0.1, 0.15) is 17.2 Å². The number of hydrogen-bond donors (Lipinski definition) is 1. The second-order valence-corrected chi connectivity index (χ2v) is 8.62. The lowest BCUT2D eigenvalue weighted by Gasteiger charge is -2.12. The van der Waals surface area contributed by atoms with Gasteiger partial charge in [0, 0.05) is 12.0 Å². The second kappa shape index (κ2) is 8.86. The normalized spacial score (nSPS) is 11.3. The Morgan fingerprint density at radius 1 is 0.875 bits per heavy atom. The van der Waals surface area contributed by atoms with E-state index in [1.54, 1.807) is 26.4 Å². The lowest BCUT2D eigenvalue weighted by atomic mass is 10.0. The van der Waals surface area contributed by atoms with Gasteiger partial charge in [-0.3, -0.25) is 0 Å². The molecule has 1 aromatic heterocycles. The first kappa shape index (κ1) is 21.6. The van der Waals surface area contributed by atoms with Gasteiger partial charge >= 0.3 is 0 Å². The van der Waals surface area contributed by atoms with Crippen molar-refractivity contribution in [1.29, 1.82) is 0 Å². The predicted octanol–water partition coefficient (Wildman–Crippen LogP) is 4.26. The van der Waals surface area contributed by atoms with Crippen molar-refractivity contribution in [1.82, 2.24) is 4.98 Å². The Balaban J connectivity index is 1.89. The van der Waals surface area contributed by atoms with E-state index in [1.165, 1.54) is 12.1 Å². The molecule has 32 heavy (non-hydrogen) atoms. The van der Waals surface area contributed by atoms with Gasteiger partial charge in [0.2, 0.25) is 10.0 Å². The zero-order chi connectivity index (χ0) is 22.7. The Bertz CT molecular complexity index is 1310. The van der Waals surface area contributed by atoms with Crippen LogP contribution in [0.5, 0.6) is 11.5 Å². The SMILES string of the molecule is COc1cccc(OC)c1-c1nc(Cc2ccccc2)oc1-c1ccc(S(N)(=O)=O)cc1. The van der Waals surface area contributed by atoms with E-state index in [1.807, 2.05) is 48.5 Å². The van der Waals surface area contributed by atoms with Crippen LogP contribution >= 0.6 is 0 Å². The van der Waals surface area contributed by atoms with Crippen LogP contribution in [-0.2, 0) is 16.4 Å². The first-order valence-corrected chi connectivity index (χ1v) is 11.3. The number of hydrogen-bond acceptors (Lipinski definition) is 6. The van der Waals surface area contributed by atoms with E-state index >= 15 is 0 Å². The quantitative estimate of drug-likeness (QED) is 0.451. The Morgan fingerprint density at radius 3 is 2.06 bits per heavy atom. The van der Waals surface area contributed by atoms with Crippen molar-refractivity contribution in [3.05, 3.63) is 84.3 Å². The molecule has 0 aliphatic carbocycles. The summed E-state index contributed by atoms with van der Waals surface area (Å²) in [6.07, 6.45) is 0.487. The monoisotopic (exact) mass is 450 g/mol. The number of nitrogens with two attached hydrogens (primary N) is 1. The van der Waals surface area contributed by atoms with Crippen LogP contribution in [0.15, 0.2) is 82.1 Å². The largest absolute Gasteiger partial charge is 0.496 e. The molecule has 0 atom stereocenters.